The average molecular weight is 344 g/mol. The third kappa shape index (κ3) is 2.91. The molecule has 5 nitrogen and oxygen atoms in total. The van der Waals surface area contributed by atoms with E-state index in [0.717, 1.165) is 0 Å². The number of benzene rings is 1. The zero-order chi connectivity index (χ0) is 14.7. The highest BCUT2D eigenvalue weighted by atomic mass is 79.9. The number of phenolic OH excluding ortho intramolecular Hbond substituents is 1. The van der Waals surface area contributed by atoms with E-state index in [1.807, 2.05) is 6.92 Å². The lowest BCUT2D eigenvalue weighted by Gasteiger charge is -2.37. The molecule has 1 heterocycles. The lowest BCUT2D eigenvalue weighted by Crippen LogP contribution is -2.51. The SMILES string of the molecule is COc1cccc(C(=O)N2CC(CBr)OCC2C)c1O. The number of morpholine rings is 1. The summed E-state index contributed by atoms with van der Waals surface area (Å²) in [6.45, 7) is 2.92. The van der Waals surface area contributed by atoms with Gasteiger partial charge in [-0.1, -0.05) is 22.0 Å². The van der Waals surface area contributed by atoms with Crippen LogP contribution in [0.25, 0.3) is 0 Å². The van der Waals surface area contributed by atoms with E-state index in [4.69, 9.17) is 9.47 Å². The molecular formula is C14H18BrNO4. The average Bonchev–Trinajstić information content (AvgIpc) is 2.47. The summed E-state index contributed by atoms with van der Waals surface area (Å²) in [5.41, 5.74) is 0.256. The molecule has 1 amide bonds. The Morgan fingerprint density at radius 1 is 1.60 bits per heavy atom. The molecule has 1 fully saturated rings. The third-order valence-electron chi connectivity index (χ3n) is 3.39. The molecule has 1 aliphatic heterocycles. The molecule has 0 aromatic heterocycles. The van der Waals surface area contributed by atoms with Gasteiger partial charge in [0.25, 0.3) is 5.91 Å². The van der Waals surface area contributed by atoms with E-state index >= 15 is 0 Å². The summed E-state index contributed by atoms with van der Waals surface area (Å²) >= 11 is 3.37. The minimum atomic E-state index is -0.205. The Bertz CT molecular complexity index is 494. The fourth-order valence-electron chi connectivity index (χ4n) is 2.21. The van der Waals surface area contributed by atoms with Crippen LogP contribution in [0.2, 0.25) is 0 Å². The van der Waals surface area contributed by atoms with Gasteiger partial charge in [-0.05, 0) is 19.1 Å². The molecule has 6 heteroatoms. The van der Waals surface area contributed by atoms with Crippen LogP contribution < -0.4 is 4.74 Å². The maximum Gasteiger partial charge on any atom is 0.258 e. The van der Waals surface area contributed by atoms with Crippen molar-refractivity contribution in [1.29, 1.82) is 0 Å². The van der Waals surface area contributed by atoms with Crippen molar-refractivity contribution in [1.82, 2.24) is 4.90 Å². The Morgan fingerprint density at radius 2 is 2.35 bits per heavy atom. The number of para-hydroxylation sites is 1. The maximum atomic E-state index is 12.6. The number of nitrogens with zero attached hydrogens (tertiary/aromatic N) is 1. The second kappa shape index (κ2) is 6.45. The van der Waals surface area contributed by atoms with Gasteiger partial charge in [0, 0.05) is 11.9 Å². The topological polar surface area (TPSA) is 59.0 Å². The number of hydrogen-bond donors (Lipinski definition) is 1. The van der Waals surface area contributed by atoms with Gasteiger partial charge in [-0.15, -0.1) is 0 Å². The van der Waals surface area contributed by atoms with Gasteiger partial charge in [0.1, 0.15) is 0 Å². The van der Waals surface area contributed by atoms with Gasteiger partial charge in [0.05, 0.1) is 31.4 Å². The number of carbonyl (C=O) groups excluding carboxylic acids is 1. The second-order valence-electron chi connectivity index (χ2n) is 4.77. The molecule has 2 unspecified atom stereocenters. The van der Waals surface area contributed by atoms with Crippen LogP contribution >= 0.6 is 15.9 Å². The van der Waals surface area contributed by atoms with Gasteiger partial charge in [0.2, 0.25) is 0 Å². The first-order valence-electron chi connectivity index (χ1n) is 6.43. The second-order valence-corrected chi connectivity index (χ2v) is 5.42. The summed E-state index contributed by atoms with van der Waals surface area (Å²) < 4.78 is 10.6. The lowest BCUT2D eigenvalue weighted by atomic mass is 10.1. The molecule has 0 radical (unpaired) electrons. The van der Waals surface area contributed by atoms with Crippen molar-refractivity contribution in [3.63, 3.8) is 0 Å². The summed E-state index contributed by atoms with van der Waals surface area (Å²) in [5, 5.41) is 10.8. The van der Waals surface area contributed by atoms with Crippen LogP contribution in [0.3, 0.4) is 0 Å². The number of ether oxygens (including phenoxy) is 2. The van der Waals surface area contributed by atoms with Crippen LogP contribution in [-0.2, 0) is 4.74 Å². The first kappa shape index (κ1) is 15.1. The van der Waals surface area contributed by atoms with Gasteiger partial charge in [-0.2, -0.15) is 0 Å². The highest BCUT2D eigenvalue weighted by molar-refractivity contribution is 9.09. The minimum Gasteiger partial charge on any atom is -0.504 e. The summed E-state index contributed by atoms with van der Waals surface area (Å²) in [4.78, 5) is 14.3. The maximum absolute atomic E-state index is 12.6. The quantitative estimate of drug-likeness (QED) is 0.853. The first-order chi connectivity index (χ1) is 9.58. The molecule has 2 rings (SSSR count). The van der Waals surface area contributed by atoms with E-state index in [0.29, 0.717) is 24.2 Å². The van der Waals surface area contributed by atoms with Gasteiger partial charge < -0.3 is 19.5 Å². The molecule has 1 aromatic rings. The molecule has 20 heavy (non-hydrogen) atoms. The Hall–Kier alpha value is -1.27. The van der Waals surface area contributed by atoms with Crippen LogP contribution in [0.15, 0.2) is 18.2 Å². The van der Waals surface area contributed by atoms with Crippen molar-refractivity contribution in [3.05, 3.63) is 23.8 Å². The van der Waals surface area contributed by atoms with Crippen molar-refractivity contribution < 1.29 is 19.4 Å². The normalized spacial score (nSPS) is 22.6. The van der Waals surface area contributed by atoms with E-state index in [1.54, 1.807) is 23.1 Å². The summed E-state index contributed by atoms with van der Waals surface area (Å²) in [5.74, 6) is -0.0222. The van der Waals surface area contributed by atoms with E-state index in [2.05, 4.69) is 15.9 Å². The van der Waals surface area contributed by atoms with E-state index < -0.39 is 0 Å². The number of aromatic hydroxyl groups is 1. The number of halogens is 1. The fraction of sp³-hybridized carbons (Fsp3) is 0.500. The standard InChI is InChI=1S/C14H18BrNO4/c1-9-8-20-10(6-15)7-16(9)14(18)11-4-3-5-12(19-2)13(11)17/h3-5,9-10,17H,6-8H2,1-2H3. The summed E-state index contributed by atoms with van der Waals surface area (Å²) in [6.07, 6.45) is -0.0251. The van der Waals surface area contributed by atoms with Crippen LogP contribution in [0.5, 0.6) is 11.5 Å². The molecule has 110 valence electrons. The monoisotopic (exact) mass is 343 g/mol. The zero-order valence-electron chi connectivity index (χ0n) is 11.5. The molecule has 0 aliphatic carbocycles. The molecule has 0 spiro atoms. The van der Waals surface area contributed by atoms with Gasteiger partial charge in [0.15, 0.2) is 11.5 Å². The van der Waals surface area contributed by atoms with Gasteiger partial charge in [-0.25, -0.2) is 0 Å². The number of carbonyl (C=O) groups is 1. The van der Waals surface area contributed by atoms with Gasteiger partial charge >= 0.3 is 0 Å². The van der Waals surface area contributed by atoms with Crippen LogP contribution in [-0.4, -0.2) is 53.7 Å². The predicted molar refractivity (Wildman–Crippen MR) is 78.7 cm³/mol. The third-order valence-corrected chi connectivity index (χ3v) is 4.11. The molecule has 0 saturated carbocycles. The Morgan fingerprint density at radius 3 is 3.00 bits per heavy atom. The smallest absolute Gasteiger partial charge is 0.258 e. The molecule has 1 N–H and O–H groups in total. The molecule has 0 bridgehead atoms. The molecule has 1 aliphatic rings. The largest absolute Gasteiger partial charge is 0.504 e. The Kier molecular flexibility index (Phi) is 4.88. The van der Waals surface area contributed by atoms with E-state index in [9.17, 15) is 9.90 Å². The van der Waals surface area contributed by atoms with Crippen molar-refractivity contribution in [2.75, 3.05) is 25.6 Å². The summed E-state index contributed by atoms with van der Waals surface area (Å²) in [7, 11) is 1.46. The van der Waals surface area contributed by atoms with E-state index in [-0.39, 0.29) is 29.4 Å². The van der Waals surface area contributed by atoms with Crippen molar-refractivity contribution in [2.24, 2.45) is 0 Å². The number of methoxy groups -OCH3 is 1. The molecular weight excluding hydrogens is 326 g/mol. The zero-order valence-corrected chi connectivity index (χ0v) is 13.1. The van der Waals surface area contributed by atoms with Crippen LogP contribution in [0.1, 0.15) is 17.3 Å². The molecule has 1 saturated heterocycles. The van der Waals surface area contributed by atoms with Crippen LogP contribution in [0, 0.1) is 0 Å². The lowest BCUT2D eigenvalue weighted by molar-refractivity contribution is -0.0362. The minimum absolute atomic E-state index is 0.0246. The molecule has 2 atom stereocenters. The number of rotatable bonds is 3. The Balaban J connectivity index is 2.26. The number of amides is 1. The first-order valence-corrected chi connectivity index (χ1v) is 7.55. The highest BCUT2D eigenvalue weighted by Gasteiger charge is 2.31. The van der Waals surface area contributed by atoms with Crippen molar-refractivity contribution >= 4 is 21.8 Å². The van der Waals surface area contributed by atoms with Crippen molar-refractivity contribution in [2.45, 2.75) is 19.1 Å². The van der Waals surface area contributed by atoms with Gasteiger partial charge in [-0.3, -0.25) is 4.79 Å². The predicted octanol–water partition coefficient (Wildman–Crippen LogP) is 2.03. The molecule has 1 aromatic carbocycles. The Labute approximate surface area is 126 Å². The van der Waals surface area contributed by atoms with Crippen LogP contribution in [0.4, 0.5) is 0 Å². The number of alkyl halides is 1. The highest BCUT2D eigenvalue weighted by Crippen LogP contribution is 2.31. The number of phenols is 1. The van der Waals surface area contributed by atoms with E-state index in [1.165, 1.54) is 7.11 Å². The fourth-order valence-corrected chi connectivity index (χ4v) is 2.60. The number of hydrogen-bond acceptors (Lipinski definition) is 4. The van der Waals surface area contributed by atoms with Crippen molar-refractivity contribution in [3.8, 4) is 11.5 Å². The summed E-state index contributed by atoms with van der Waals surface area (Å²) in [6, 6.07) is 4.89.